The monoisotopic (exact) mass is 647 g/mol. The van der Waals surface area contributed by atoms with Crippen LogP contribution in [0.5, 0.6) is 5.75 Å². The Kier molecular flexibility index (Phi) is 10.3. The molecular formula is C31H42BrN3O5S. The zero-order chi connectivity index (χ0) is 29.9. The Bertz CT molecular complexity index is 1150. The van der Waals surface area contributed by atoms with E-state index in [2.05, 4.69) is 36.0 Å². The summed E-state index contributed by atoms with van der Waals surface area (Å²) in [5.74, 6) is -1.10. The highest BCUT2D eigenvalue weighted by Gasteiger charge is 2.76. The van der Waals surface area contributed by atoms with Gasteiger partial charge in [0.25, 0.3) is 0 Å². The van der Waals surface area contributed by atoms with Crippen molar-refractivity contribution in [2.75, 3.05) is 37.7 Å². The lowest BCUT2D eigenvalue weighted by Crippen LogP contribution is -2.57. The molecule has 1 aromatic carbocycles. The summed E-state index contributed by atoms with van der Waals surface area (Å²) in [5, 5.41) is 9.79. The molecule has 0 aromatic heterocycles. The highest BCUT2D eigenvalue weighted by Crippen LogP contribution is 2.68. The van der Waals surface area contributed by atoms with Crippen molar-refractivity contribution in [3.05, 3.63) is 49.6 Å². The summed E-state index contributed by atoms with van der Waals surface area (Å²) in [4.78, 5) is 48.0. The van der Waals surface area contributed by atoms with Gasteiger partial charge >= 0.3 is 0 Å². The molecule has 41 heavy (non-hydrogen) atoms. The van der Waals surface area contributed by atoms with E-state index in [1.165, 1.54) is 0 Å². The van der Waals surface area contributed by atoms with E-state index in [1.54, 1.807) is 33.7 Å². The minimum absolute atomic E-state index is 0.0319. The second kappa shape index (κ2) is 13.3. The zero-order valence-corrected chi connectivity index (χ0v) is 26.6. The summed E-state index contributed by atoms with van der Waals surface area (Å²) in [6.07, 6.45) is 5.73. The van der Waals surface area contributed by atoms with Gasteiger partial charge in [-0.05, 0) is 51.0 Å². The third-order valence-electron chi connectivity index (χ3n) is 8.53. The van der Waals surface area contributed by atoms with Crippen LogP contribution in [-0.2, 0) is 14.4 Å². The largest absolute Gasteiger partial charge is 0.494 e. The molecule has 2 bridgehead atoms. The van der Waals surface area contributed by atoms with Gasteiger partial charge in [-0.1, -0.05) is 41.4 Å². The third kappa shape index (κ3) is 5.59. The second-order valence-corrected chi connectivity index (χ2v) is 13.7. The number of ether oxygens (including phenoxy) is 1. The lowest BCUT2D eigenvalue weighted by Gasteiger charge is -2.40. The summed E-state index contributed by atoms with van der Waals surface area (Å²) in [6, 6.07) is 6.55. The lowest BCUT2D eigenvalue weighted by atomic mass is 9.70. The van der Waals surface area contributed by atoms with Crippen molar-refractivity contribution in [1.82, 2.24) is 9.80 Å². The number of amides is 3. The fourth-order valence-corrected chi connectivity index (χ4v) is 10.5. The number of fused-ring (bicyclic) bond motifs is 1. The van der Waals surface area contributed by atoms with Gasteiger partial charge in [-0.15, -0.1) is 24.9 Å². The van der Waals surface area contributed by atoms with Gasteiger partial charge in [0.05, 0.1) is 29.8 Å². The van der Waals surface area contributed by atoms with Gasteiger partial charge in [-0.25, -0.2) is 0 Å². The number of hydrogen-bond donors (Lipinski definition) is 1. The van der Waals surface area contributed by atoms with Crippen LogP contribution in [-0.4, -0.2) is 92.4 Å². The van der Waals surface area contributed by atoms with Gasteiger partial charge in [0.15, 0.2) is 0 Å². The summed E-state index contributed by atoms with van der Waals surface area (Å²) >= 11 is 5.44. The number of aliphatic hydroxyl groups excluding tert-OH is 1. The molecule has 1 spiro atoms. The summed E-state index contributed by atoms with van der Waals surface area (Å²) in [7, 11) is 0. The quantitative estimate of drug-likeness (QED) is 0.240. The average Bonchev–Trinajstić information content (AvgIpc) is 3.54. The molecular weight excluding hydrogens is 606 g/mol. The Hall–Kier alpha value is -2.30. The van der Waals surface area contributed by atoms with Crippen LogP contribution in [0.4, 0.5) is 5.69 Å². The minimum atomic E-state index is -0.771. The van der Waals surface area contributed by atoms with Crippen molar-refractivity contribution in [3.63, 3.8) is 0 Å². The summed E-state index contributed by atoms with van der Waals surface area (Å²) in [5.41, 5.74) is 0.696. The van der Waals surface area contributed by atoms with Gasteiger partial charge in [0, 0.05) is 41.4 Å². The van der Waals surface area contributed by atoms with Gasteiger partial charge in [0.2, 0.25) is 17.7 Å². The molecule has 4 unspecified atom stereocenters. The first-order chi connectivity index (χ1) is 19.7. The predicted octanol–water partition coefficient (Wildman–Crippen LogP) is 4.26. The Morgan fingerprint density at radius 2 is 1.90 bits per heavy atom. The van der Waals surface area contributed by atoms with Gasteiger partial charge in [-0.2, -0.15) is 0 Å². The standard InChI is InChI=1S/C31H42BrN3O5S/c1-6-10-20(5)33(15-7-2)30(39)27-31-19-23(32)26(41-31)24(25(31)29(38)35(27)17-18-36)28(37)34(16-8-3)21-11-13-22(14-12-21)40-9-4/h7-8,11-14,20,23-27,36H,2-3,6,9-10,15-19H2,1,4-5H3/t20?,23?,24-,25+,26-,27?,31?/m1/s1. The number of carbonyl (C=O) groups excluding carboxylic acids is 3. The van der Waals surface area contributed by atoms with E-state index >= 15 is 0 Å². The molecule has 1 aromatic rings. The first-order valence-electron chi connectivity index (χ1n) is 14.5. The molecule has 3 fully saturated rings. The number of nitrogens with zero attached hydrogens (tertiary/aromatic N) is 3. The van der Waals surface area contributed by atoms with E-state index < -0.39 is 22.6 Å². The molecule has 0 aliphatic carbocycles. The maximum absolute atomic E-state index is 14.4. The molecule has 224 valence electrons. The molecule has 4 rings (SSSR count). The fraction of sp³-hybridized carbons (Fsp3) is 0.581. The Morgan fingerprint density at radius 1 is 1.22 bits per heavy atom. The van der Waals surface area contributed by atoms with Crippen LogP contribution in [0, 0.1) is 11.8 Å². The number of aliphatic hydroxyl groups is 1. The minimum Gasteiger partial charge on any atom is -0.494 e. The van der Waals surface area contributed by atoms with Crippen LogP contribution >= 0.6 is 27.7 Å². The number of anilines is 1. The molecule has 3 saturated heterocycles. The van der Waals surface area contributed by atoms with Crippen molar-refractivity contribution in [2.45, 2.75) is 66.9 Å². The number of alkyl halides is 1. The normalized spacial score (nSPS) is 28.8. The number of thioether (sulfide) groups is 1. The molecule has 0 saturated carbocycles. The number of hydrogen-bond acceptors (Lipinski definition) is 6. The number of likely N-dealkylation sites (tertiary alicyclic amines) is 1. The first kappa shape index (κ1) is 31.6. The average molecular weight is 649 g/mol. The van der Waals surface area contributed by atoms with E-state index in [-0.39, 0.29) is 53.5 Å². The first-order valence-corrected chi connectivity index (χ1v) is 16.3. The molecule has 10 heteroatoms. The number of β-amino-alcohol motifs (C(OH)–C–C–N with tert-alkyl or cyclic N) is 1. The molecule has 0 radical (unpaired) electrons. The maximum Gasteiger partial charge on any atom is 0.247 e. The van der Waals surface area contributed by atoms with E-state index in [9.17, 15) is 19.5 Å². The summed E-state index contributed by atoms with van der Waals surface area (Å²) in [6.45, 7) is 14.7. The van der Waals surface area contributed by atoms with Crippen molar-refractivity contribution in [2.24, 2.45) is 11.8 Å². The molecule has 3 amide bonds. The maximum atomic E-state index is 14.4. The zero-order valence-electron chi connectivity index (χ0n) is 24.2. The van der Waals surface area contributed by atoms with E-state index in [1.807, 2.05) is 43.0 Å². The Morgan fingerprint density at radius 3 is 2.49 bits per heavy atom. The predicted molar refractivity (Wildman–Crippen MR) is 167 cm³/mol. The molecule has 8 nitrogen and oxygen atoms in total. The van der Waals surface area contributed by atoms with Gasteiger partial charge in [-0.3, -0.25) is 14.4 Å². The van der Waals surface area contributed by atoms with Crippen molar-refractivity contribution in [1.29, 1.82) is 0 Å². The van der Waals surface area contributed by atoms with Crippen molar-refractivity contribution in [3.8, 4) is 5.75 Å². The SMILES string of the molecule is C=CCN(C(=O)[C@H]1[C@@H]2SC3(CC2Br)C(C(=O)N(CC=C)C(C)CCC)N(CCO)C(=O)[C@H]13)c1ccc(OCC)cc1. The number of carbonyl (C=O) groups is 3. The Labute approximate surface area is 256 Å². The Balaban J connectivity index is 1.74. The van der Waals surface area contributed by atoms with Crippen LogP contribution in [0.2, 0.25) is 0 Å². The lowest BCUT2D eigenvalue weighted by molar-refractivity contribution is -0.144. The highest BCUT2D eigenvalue weighted by atomic mass is 79.9. The van der Waals surface area contributed by atoms with Crippen LogP contribution in [0.25, 0.3) is 0 Å². The van der Waals surface area contributed by atoms with Crippen molar-refractivity contribution < 1.29 is 24.2 Å². The number of benzene rings is 1. The van der Waals surface area contributed by atoms with Crippen LogP contribution in [0.1, 0.15) is 40.0 Å². The highest BCUT2D eigenvalue weighted by molar-refractivity contribution is 9.09. The van der Waals surface area contributed by atoms with Crippen molar-refractivity contribution >= 4 is 51.1 Å². The molecule has 3 aliphatic heterocycles. The van der Waals surface area contributed by atoms with Crippen LogP contribution in [0.3, 0.4) is 0 Å². The second-order valence-electron chi connectivity index (χ2n) is 11.0. The third-order valence-corrected chi connectivity index (χ3v) is 11.8. The molecule has 7 atom stereocenters. The molecule has 3 aliphatic rings. The topological polar surface area (TPSA) is 90.4 Å². The van der Waals surface area contributed by atoms with E-state index in [0.717, 1.165) is 12.8 Å². The fourth-order valence-electron chi connectivity index (χ4n) is 6.92. The van der Waals surface area contributed by atoms with Gasteiger partial charge < -0.3 is 24.5 Å². The number of rotatable bonds is 14. The van der Waals surface area contributed by atoms with E-state index in [4.69, 9.17) is 4.74 Å². The summed E-state index contributed by atoms with van der Waals surface area (Å²) < 4.78 is 4.81. The van der Waals surface area contributed by atoms with Crippen LogP contribution < -0.4 is 9.64 Å². The van der Waals surface area contributed by atoms with E-state index in [0.29, 0.717) is 31.0 Å². The van der Waals surface area contributed by atoms with Gasteiger partial charge in [0.1, 0.15) is 11.8 Å². The molecule has 1 N–H and O–H groups in total. The molecule has 3 heterocycles. The number of halogens is 1. The smallest absolute Gasteiger partial charge is 0.247 e. The van der Waals surface area contributed by atoms with Crippen LogP contribution in [0.15, 0.2) is 49.6 Å².